The van der Waals surface area contributed by atoms with Crippen LogP contribution in [0.4, 0.5) is 79.0 Å². The largest absolute Gasteiger partial charge is 0.423 e. The molecule has 0 aliphatic heterocycles. The Bertz CT molecular complexity index is 369. The fraction of sp³-hybridized carbons (Fsp3) is 1.00. The first-order valence-corrected chi connectivity index (χ1v) is 5.91. The Morgan fingerprint density at radius 2 is 0.355 bits per heavy atom. The zero-order valence-electron chi connectivity index (χ0n) is 13.2. The van der Waals surface area contributed by atoms with E-state index >= 15 is 0 Å². The van der Waals surface area contributed by atoms with Gasteiger partial charge in [-0.25, -0.2) is 0 Å². The molecule has 0 aromatic rings. The first kappa shape index (κ1) is 37.4. The molecule has 0 bridgehead atoms. The molecule has 0 fully saturated rings. The number of alkyl halides is 18. The van der Waals surface area contributed by atoms with Gasteiger partial charge in [0.05, 0.1) is 0 Å². The van der Waals surface area contributed by atoms with Crippen molar-refractivity contribution in [3.8, 4) is 0 Å². The third kappa shape index (κ3) is 17.4. The normalized spacial score (nSPS) is 13.9. The molecule has 195 valence electrons. The number of aliphatic hydroxyl groups is 3. The predicted octanol–water partition coefficient (Wildman–Crippen LogP) is 4.41. The molecule has 0 saturated carbocycles. The molecule has 0 amide bonds. The summed E-state index contributed by atoms with van der Waals surface area (Å²) in [6.45, 7) is 0. The fourth-order valence-corrected chi connectivity index (χ4v) is 0.557. The average Bonchev–Trinajstić information content (AvgIpc) is 2.40. The number of halogens is 18. The van der Waals surface area contributed by atoms with Gasteiger partial charge in [-0.1, -0.05) is 0 Å². The van der Waals surface area contributed by atoms with Crippen molar-refractivity contribution in [1.29, 1.82) is 0 Å². The van der Waals surface area contributed by atoms with Crippen LogP contribution in [0.3, 0.4) is 0 Å². The Balaban J connectivity index is -0.000000174. The van der Waals surface area contributed by atoms with Crippen LogP contribution in [0.25, 0.3) is 0 Å². The van der Waals surface area contributed by atoms with Gasteiger partial charge in [0.15, 0.2) is 0 Å². The summed E-state index contributed by atoms with van der Waals surface area (Å²) in [6, 6.07) is 0. The van der Waals surface area contributed by atoms with E-state index in [0.29, 0.717) is 0 Å². The van der Waals surface area contributed by atoms with Crippen LogP contribution in [0, 0.1) is 0 Å². The van der Waals surface area contributed by atoms with E-state index in [1.54, 1.807) is 0 Å². The van der Waals surface area contributed by atoms with Crippen LogP contribution in [-0.2, 0) is 16.8 Å². The maximum Gasteiger partial charge on any atom is 0.423 e. The molecule has 0 unspecified atom stereocenters. The minimum Gasteiger partial charge on any atom is -0.377 e. The first-order valence-electron chi connectivity index (χ1n) is 5.91. The predicted molar refractivity (Wildman–Crippen MR) is 54.4 cm³/mol. The molecular formula is C9H6CoF18O3. The molecule has 0 aromatic heterocycles. The minimum atomic E-state index is -5.63. The standard InChI is InChI=1S/3C3H2F6O.Co/c3*4-2(5,6)1(10)3(7,8)9;/h3*1,10H;. The molecule has 0 rings (SSSR count). The van der Waals surface area contributed by atoms with Gasteiger partial charge in [0.25, 0.3) is 0 Å². The van der Waals surface area contributed by atoms with Gasteiger partial charge >= 0.3 is 37.1 Å². The van der Waals surface area contributed by atoms with Crippen molar-refractivity contribution >= 4 is 0 Å². The zero-order valence-corrected chi connectivity index (χ0v) is 14.3. The Labute approximate surface area is 167 Å². The van der Waals surface area contributed by atoms with Crippen molar-refractivity contribution in [3.05, 3.63) is 0 Å². The summed E-state index contributed by atoms with van der Waals surface area (Å²) in [4.78, 5) is 0. The smallest absolute Gasteiger partial charge is 0.377 e. The van der Waals surface area contributed by atoms with Crippen LogP contribution < -0.4 is 0 Å². The van der Waals surface area contributed by atoms with Crippen LogP contribution in [0.15, 0.2) is 0 Å². The Kier molecular flexibility index (Phi) is 14.3. The summed E-state index contributed by atoms with van der Waals surface area (Å²) in [5.41, 5.74) is 0. The van der Waals surface area contributed by atoms with Crippen molar-refractivity contribution in [2.45, 2.75) is 55.4 Å². The van der Waals surface area contributed by atoms with Crippen LogP contribution >= 0.6 is 0 Å². The van der Waals surface area contributed by atoms with Gasteiger partial charge in [-0.3, -0.25) is 0 Å². The van der Waals surface area contributed by atoms with E-state index in [1.807, 2.05) is 0 Å². The van der Waals surface area contributed by atoms with Crippen LogP contribution in [0.1, 0.15) is 0 Å². The van der Waals surface area contributed by atoms with Gasteiger partial charge in [-0.2, -0.15) is 79.0 Å². The maximum atomic E-state index is 11.0. The van der Waals surface area contributed by atoms with Crippen molar-refractivity contribution in [3.63, 3.8) is 0 Å². The summed E-state index contributed by atoms with van der Waals surface area (Å²) < 4.78 is 198. The minimum absolute atomic E-state index is 0. The third-order valence-corrected chi connectivity index (χ3v) is 1.86. The molecular weight excluding hydrogens is 557 g/mol. The van der Waals surface area contributed by atoms with Crippen LogP contribution in [0.2, 0.25) is 0 Å². The molecule has 31 heavy (non-hydrogen) atoms. The molecule has 0 atom stereocenters. The first-order chi connectivity index (χ1) is 12.5. The van der Waals surface area contributed by atoms with Gasteiger partial charge in [0, 0.05) is 16.8 Å². The number of aliphatic hydroxyl groups excluding tert-OH is 3. The van der Waals surface area contributed by atoms with Crippen molar-refractivity contribution in [2.75, 3.05) is 0 Å². The third-order valence-electron chi connectivity index (χ3n) is 1.86. The van der Waals surface area contributed by atoms with E-state index in [2.05, 4.69) is 0 Å². The van der Waals surface area contributed by atoms with Crippen LogP contribution in [-0.4, -0.2) is 70.7 Å². The molecule has 1 radical (unpaired) electrons. The van der Waals surface area contributed by atoms with Crippen molar-refractivity contribution < 1.29 is 111 Å². The fourth-order valence-electron chi connectivity index (χ4n) is 0.557. The van der Waals surface area contributed by atoms with E-state index < -0.39 is 55.4 Å². The van der Waals surface area contributed by atoms with Gasteiger partial charge in [-0.05, 0) is 0 Å². The molecule has 0 aromatic carbocycles. The SMILES string of the molecule is OC(C(F)(F)F)C(F)(F)F.OC(C(F)(F)F)C(F)(F)F.OC(C(F)(F)F)C(F)(F)F.[Co]. The summed E-state index contributed by atoms with van der Waals surface area (Å²) >= 11 is 0. The summed E-state index contributed by atoms with van der Waals surface area (Å²) in [5, 5.41) is 22.4. The molecule has 0 heterocycles. The summed E-state index contributed by atoms with van der Waals surface area (Å²) in [5.74, 6) is 0. The van der Waals surface area contributed by atoms with E-state index in [-0.39, 0.29) is 16.8 Å². The molecule has 3 N–H and O–H groups in total. The van der Waals surface area contributed by atoms with Crippen molar-refractivity contribution in [2.24, 2.45) is 0 Å². The summed E-state index contributed by atoms with van der Waals surface area (Å²) in [7, 11) is 0. The number of hydrogen-bond donors (Lipinski definition) is 3. The molecule has 0 aliphatic rings. The molecule has 22 heteroatoms. The van der Waals surface area contributed by atoms with Crippen LogP contribution in [0.5, 0.6) is 0 Å². The van der Waals surface area contributed by atoms with E-state index in [1.165, 1.54) is 0 Å². The second-order valence-electron chi connectivity index (χ2n) is 4.46. The number of hydrogen-bond acceptors (Lipinski definition) is 3. The van der Waals surface area contributed by atoms with Gasteiger partial charge in [0.1, 0.15) is 0 Å². The zero-order chi connectivity index (χ0) is 25.7. The van der Waals surface area contributed by atoms with E-state index in [9.17, 15) is 79.0 Å². The van der Waals surface area contributed by atoms with Gasteiger partial charge in [0.2, 0.25) is 18.3 Å². The maximum absolute atomic E-state index is 11.0. The average molecular weight is 563 g/mol. The Hall–Kier alpha value is -0.874. The Morgan fingerprint density at radius 1 is 0.290 bits per heavy atom. The number of rotatable bonds is 0. The molecule has 0 aliphatic carbocycles. The quantitative estimate of drug-likeness (QED) is 0.383. The summed E-state index contributed by atoms with van der Waals surface area (Å²) in [6.07, 6.45) is -46.5. The Morgan fingerprint density at radius 3 is 0.355 bits per heavy atom. The van der Waals surface area contributed by atoms with E-state index in [0.717, 1.165) is 0 Å². The monoisotopic (exact) mass is 563 g/mol. The van der Waals surface area contributed by atoms with Crippen molar-refractivity contribution in [1.82, 2.24) is 0 Å². The second kappa shape index (κ2) is 11.8. The topological polar surface area (TPSA) is 60.7 Å². The molecule has 0 spiro atoms. The second-order valence-corrected chi connectivity index (χ2v) is 4.46. The van der Waals surface area contributed by atoms with E-state index in [4.69, 9.17) is 15.3 Å². The van der Waals surface area contributed by atoms with Gasteiger partial charge in [-0.15, -0.1) is 0 Å². The molecule has 3 nitrogen and oxygen atoms in total. The molecule has 0 saturated heterocycles. The van der Waals surface area contributed by atoms with Gasteiger partial charge < -0.3 is 15.3 Å².